The lowest BCUT2D eigenvalue weighted by Gasteiger charge is -2.16. The molecule has 3 aromatic carbocycles. The minimum absolute atomic E-state index is 0.00177. The van der Waals surface area contributed by atoms with E-state index in [1.165, 1.54) is 6.07 Å². The number of hydrogen-bond acceptors (Lipinski definition) is 3. The molecule has 0 bridgehead atoms. The predicted octanol–water partition coefficient (Wildman–Crippen LogP) is 4.21. The number of halogens is 1. The van der Waals surface area contributed by atoms with Crippen molar-refractivity contribution in [3.8, 4) is 5.75 Å². The summed E-state index contributed by atoms with van der Waals surface area (Å²) in [5.74, 6) is 0.575. The number of rotatable bonds is 7. The molecular formula is C23H21FN2O2. The average molecular weight is 376 g/mol. The first-order chi connectivity index (χ1) is 13.7. The zero-order chi connectivity index (χ0) is 19.3. The van der Waals surface area contributed by atoms with Gasteiger partial charge < -0.3 is 14.4 Å². The van der Waals surface area contributed by atoms with Crippen molar-refractivity contribution in [3.63, 3.8) is 0 Å². The van der Waals surface area contributed by atoms with Gasteiger partial charge in [-0.1, -0.05) is 54.6 Å². The second-order valence-electron chi connectivity index (χ2n) is 6.68. The van der Waals surface area contributed by atoms with Crippen LogP contribution in [0, 0.1) is 5.82 Å². The van der Waals surface area contributed by atoms with Crippen LogP contribution in [-0.2, 0) is 13.0 Å². The van der Waals surface area contributed by atoms with E-state index >= 15 is 0 Å². The maximum absolute atomic E-state index is 13.7. The largest absolute Gasteiger partial charge is 0.488 e. The summed E-state index contributed by atoms with van der Waals surface area (Å²) in [4.78, 5) is 4.74. The monoisotopic (exact) mass is 376 g/mol. The number of nitrogens with zero attached hydrogens (tertiary/aromatic N) is 2. The van der Waals surface area contributed by atoms with Crippen LogP contribution in [0.25, 0.3) is 11.0 Å². The van der Waals surface area contributed by atoms with Crippen LogP contribution >= 0.6 is 0 Å². The molecule has 0 spiro atoms. The SMILES string of the molecule is O[C@H](COc1ccccc1F)Cn1c(Cc2ccccc2)nc2ccccc21. The molecule has 0 radical (unpaired) electrons. The van der Waals surface area contributed by atoms with Crippen molar-refractivity contribution in [3.05, 3.63) is 96.1 Å². The maximum atomic E-state index is 13.7. The normalized spacial score (nSPS) is 12.2. The second-order valence-corrected chi connectivity index (χ2v) is 6.68. The number of imidazole rings is 1. The van der Waals surface area contributed by atoms with Crippen LogP contribution in [0.5, 0.6) is 5.75 Å². The van der Waals surface area contributed by atoms with E-state index < -0.39 is 11.9 Å². The smallest absolute Gasteiger partial charge is 0.165 e. The molecule has 4 nitrogen and oxygen atoms in total. The van der Waals surface area contributed by atoms with E-state index in [1.807, 2.05) is 47.0 Å². The highest BCUT2D eigenvalue weighted by Crippen LogP contribution is 2.20. The molecule has 142 valence electrons. The summed E-state index contributed by atoms with van der Waals surface area (Å²) >= 11 is 0. The molecule has 0 fully saturated rings. The molecule has 0 unspecified atom stereocenters. The van der Waals surface area contributed by atoms with Crippen molar-refractivity contribution in [1.29, 1.82) is 0 Å². The van der Waals surface area contributed by atoms with E-state index in [4.69, 9.17) is 9.72 Å². The van der Waals surface area contributed by atoms with Crippen molar-refractivity contribution in [1.82, 2.24) is 9.55 Å². The van der Waals surface area contributed by atoms with Gasteiger partial charge in [0.25, 0.3) is 0 Å². The first-order valence-corrected chi connectivity index (χ1v) is 9.24. The maximum Gasteiger partial charge on any atom is 0.165 e. The van der Waals surface area contributed by atoms with Crippen molar-refractivity contribution in [2.24, 2.45) is 0 Å². The molecule has 5 heteroatoms. The van der Waals surface area contributed by atoms with Gasteiger partial charge in [0.2, 0.25) is 0 Å². The van der Waals surface area contributed by atoms with Crippen molar-refractivity contribution >= 4 is 11.0 Å². The van der Waals surface area contributed by atoms with Crippen molar-refractivity contribution in [2.75, 3.05) is 6.61 Å². The third kappa shape index (κ3) is 4.05. The molecule has 1 N–H and O–H groups in total. The third-order valence-corrected chi connectivity index (χ3v) is 4.60. The summed E-state index contributed by atoms with van der Waals surface area (Å²) in [5.41, 5.74) is 2.99. The summed E-state index contributed by atoms with van der Waals surface area (Å²) in [6.07, 6.45) is -0.136. The highest BCUT2D eigenvalue weighted by Gasteiger charge is 2.15. The van der Waals surface area contributed by atoms with Crippen LogP contribution in [0.1, 0.15) is 11.4 Å². The third-order valence-electron chi connectivity index (χ3n) is 4.60. The van der Waals surface area contributed by atoms with E-state index in [0.717, 1.165) is 22.4 Å². The standard InChI is InChI=1S/C23H21FN2O2/c24-19-10-4-7-13-22(19)28-16-18(27)15-26-21-12-6-5-11-20(21)25-23(26)14-17-8-2-1-3-9-17/h1-13,18,27H,14-16H2/t18-/m0/s1. The van der Waals surface area contributed by atoms with Crippen LogP contribution in [0.3, 0.4) is 0 Å². The molecule has 0 aliphatic carbocycles. The number of fused-ring (bicyclic) bond motifs is 1. The lowest BCUT2D eigenvalue weighted by Crippen LogP contribution is -2.25. The van der Waals surface area contributed by atoms with Crippen LogP contribution in [-0.4, -0.2) is 27.4 Å². The van der Waals surface area contributed by atoms with Gasteiger partial charge in [-0.15, -0.1) is 0 Å². The number of benzene rings is 3. The van der Waals surface area contributed by atoms with Gasteiger partial charge in [-0.3, -0.25) is 0 Å². The number of aliphatic hydroxyl groups is 1. The van der Waals surface area contributed by atoms with E-state index in [0.29, 0.717) is 13.0 Å². The summed E-state index contributed by atoms with van der Waals surface area (Å²) in [7, 11) is 0. The van der Waals surface area contributed by atoms with Crippen LogP contribution in [0.4, 0.5) is 4.39 Å². The Bertz CT molecular complexity index is 1060. The molecule has 1 aromatic heterocycles. The number of para-hydroxylation sites is 3. The Morgan fingerprint density at radius 1 is 0.929 bits per heavy atom. The van der Waals surface area contributed by atoms with Gasteiger partial charge in [-0.25, -0.2) is 9.37 Å². The highest BCUT2D eigenvalue weighted by molar-refractivity contribution is 5.76. The fourth-order valence-corrected chi connectivity index (χ4v) is 3.25. The Balaban J connectivity index is 1.55. The summed E-state index contributed by atoms with van der Waals surface area (Å²) in [5, 5.41) is 10.5. The van der Waals surface area contributed by atoms with Gasteiger partial charge in [0, 0.05) is 6.42 Å². The summed E-state index contributed by atoms with van der Waals surface area (Å²) in [6.45, 7) is 0.315. The lowest BCUT2D eigenvalue weighted by atomic mass is 10.1. The van der Waals surface area contributed by atoms with Crippen LogP contribution < -0.4 is 4.74 Å². The Morgan fingerprint density at radius 3 is 2.46 bits per heavy atom. The number of ether oxygens (including phenoxy) is 1. The second kappa shape index (κ2) is 8.23. The molecule has 0 aliphatic rings. The van der Waals surface area contributed by atoms with E-state index in [1.54, 1.807) is 18.2 Å². The Labute approximate surface area is 162 Å². The quantitative estimate of drug-likeness (QED) is 0.526. The topological polar surface area (TPSA) is 47.3 Å². The Morgan fingerprint density at radius 2 is 1.64 bits per heavy atom. The first-order valence-electron chi connectivity index (χ1n) is 9.24. The minimum Gasteiger partial charge on any atom is -0.488 e. The van der Waals surface area contributed by atoms with Gasteiger partial charge in [0.15, 0.2) is 11.6 Å². The average Bonchev–Trinajstić information content (AvgIpc) is 3.05. The Kier molecular flexibility index (Phi) is 5.35. The number of aromatic nitrogens is 2. The minimum atomic E-state index is -0.799. The van der Waals surface area contributed by atoms with Gasteiger partial charge >= 0.3 is 0 Å². The van der Waals surface area contributed by atoms with Crippen LogP contribution in [0.2, 0.25) is 0 Å². The number of aliphatic hydroxyl groups excluding tert-OH is 1. The molecule has 0 amide bonds. The molecule has 0 saturated heterocycles. The molecule has 28 heavy (non-hydrogen) atoms. The van der Waals surface area contributed by atoms with Gasteiger partial charge in [0.05, 0.1) is 17.6 Å². The molecule has 4 rings (SSSR count). The van der Waals surface area contributed by atoms with E-state index in [-0.39, 0.29) is 12.4 Å². The van der Waals surface area contributed by atoms with E-state index in [2.05, 4.69) is 12.1 Å². The summed E-state index contributed by atoms with van der Waals surface area (Å²) < 4.78 is 21.2. The molecule has 4 aromatic rings. The predicted molar refractivity (Wildman–Crippen MR) is 107 cm³/mol. The fourth-order valence-electron chi connectivity index (χ4n) is 3.25. The zero-order valence-corrected chi connectivity index (χ0v) is 15.3. The van der Waals surface area contributed by atoms with E-state index in [9.17, 15) is 9.50 Å². The zero-order valence-electron chi connectivity index (χ0n) is 15.3. The molecule has 1 heterocycles. The highest BCUT2D eigenvalue weighted by atomic mass is 19.1. The lowest BCUT2D eigenvalue weighted by molar-refractivity contribution is 0.0908. The molecule has 0 saturated carbocycles. The fraction of sp³-hybridized carbons (Fsp3) is 0.174. The summed E-state index contributed by atoms with van der Waals surface area (Å²) in [6, 6.07) is 24.1. The molecule has 1 atom stereocenters. The van der Waals surface area contributed by atoms with Crippen molar-refractivity contribution in [2.45, 2.75) is 19.1 Å². The van der Waals surface area contributed by atoms with Crippen molar-refractivity contribution < 1.29 is 14.2 Å². The molecular weight excluding hydrogens is 355 g/mol. The van der Waals surface area contributed by atoms with Gasteiger partial charge in [-0.05, 0) is 29.8 Å². The number of hydrogen-bond donors (Lipinski definition) is 1. The van der Waals surface area contributed by atoms with Gasteiger partial charge in [-0.2, -0.15) is 0 Å². The molecule has 0 aliphatic heterocycles. The first kappa shape index (κ1) is 18.2. The van der Waals surface area contributed by atoms with Gasteiger partial charge in [0.1, 0.15) is 18.5 Å². The van der Waals surface area contributed by atoms with Crippen LogP contribution in [0.15, 0.2) is 78.9 Å². The Hall–Kier alpha value is -3.18.